The fraction of sp³-hybridized carbons (Fsp3) is 0.226. The molecule has 4 rings (SSSR count). The number of unbranched alkanes of at least 4 members (excludes halogenated alkanes) is 1. The highest BCUT2D eigenvalue weighted by Gasteiger charge is 2.06. The van der Waals surface area contributed by atoms with Gasteiger partial charge < -0.3 is 0 Å². The van der Waals surface area contributed by atoms with Crippen LogP contribution in [-0.2, 0) is 12.8 Å². The molecule has 0 amide bonds. The number of hydrogen-bond acceptors (Lipinski definition) is 0. The van der Waals surface area contributed by atoms with Crippen molar-refractivity contribution in [3.63, 3.8) is 0 Å². The summed E-state index contributed by atoms with van der Waals surface area (Å²) in [6, 6.07) is 26.7. The number of halogens is 1. The lowest BCUT2D eigenvalue weighted by Crippen LogP contribution is -1.90. The topological polar surface area (TPSA) is 0 Å². The summed E-state index contributed by atoms with van der Waals surface area (Å²) in [5, 5.41) is 1.58. The summed E-state index contributed by atoms with van der Waals surface area (Å²) in [4.78, 5) is 0. The largest absolute Gasteiger partial charge is 0.205 e. The first-order chi connectivity index (χ1) is 15.7. The van der Waals surface area contributed by atoms with Crippen molar-refractivity contribution < 1.29 is 4.39 Å². The predicted molar refractivity (Wildman–Crippen MR) is 134 cm³/mol. The quantitative estimate of drug-likeness (QED) is 0.275. The predicted octanol–water partition coefficient (Wildman–Crippen LogP) is 8.34. The minimum absolute atomic E-state index is 0.235. The van der Waals surface area contributed by atoms with Crippen LogP contribution in [0.4, 0.5) is 4.39 Å². The van der Waals surface area contributed by atoms with E-state index in [1.807, 2.05) is 30.3 Å². The fourth-order valence-electron chi connectivity index (χ4n) is 4.01. The second-order valence-corrected chi connectivity index (χ2v) is 8.36. The highest BCUT2D eigenvalue weighted by molar-refractivity contribution is 5.85. The number of rotatable bonds is 6. The van der Waals surface area contributed by atoms with E-state index < -0.39 is 0 Å². The van der Waals surface area contributed by atoms with E-state index in [2.05, 4.69) is 68.2 Å². The van der Waals surface area contributed by atoms with Crippen LogP contribution in [0.25, 0.3) is 21.9 Å². The van der Waals surface area contributed by atoms with Crippen molar-refractivity contribution >= 4 is 10.8 Å². The van der Waals surface area contributed by atoms with E-state index in [1.54, 1.807) is 6.07 Å². The molecule has 4 aromatic carbocycles. The van der Waals surface area contributed by atoms with Crippen LogP contribution >= 0.6 is 0 Å². The first kappa shape index (κ1) is 21.8. The number of hydrogen-bond donors (Lipinski definition) is 0. The van der Waals surface area contributed by atoms with Crippen LogP contribution in [0.1, 0.15) is 55.4 Å². The molecule has 0 bridgehead atoms. The average molecular weight is 421 g/mol. The molecule has 160 valence electrons. The van der Waals surface area contributed by atoms with Gasteiger partial charge in [-0.2, -0.15) is 0 Å². The molecule has 0 spiro atoms. The molecule has 4 aromatic rings. The maximum absolute atomic E-state index is 15.0. The van der Waals surface area contributed by atoms with Crippen LogP contribution in [-0.4, -0.2) is 0 Å². The summed E-state index contributed by atoms with van der Waals surface area (Å²) >= 11 is 0. The van der Waals surface area contributed by atoms with Crippen LogP contribution in [0.15, 0.2) is 78.9 Å². The molecule has 0 N–H and O–H groups in total. The Bertz CT molecular complexity index is 1250. The van der Waals surface area contributed by atoms with E-state index in [9.17, 15) is 0 Å². The molecule has 0 aliphatic heterocycles. The molecule has 0 radical (unpaired) electrons. The SMILES string of the molecule is CCCCc1ccc2c(F)c(C#Cc3ccc(-c4ccc(CCC)cc4)cc3)ccc2c1. The van der Waals surface area contributed by atoms with Gasteiger partial charge in [0.1, 0.15) is 5.82 Å². The highest BCUT2D eigenvalue weighted by Crippen LogP contribution is 2.24. The van der Waals surface area contributed by atoms with Crippen molar-refractivity contribution in [2.45, 2.75) is 46.0 Å². The van der Waals surface area contributed by atoms with Crippen molar-refractivity contribution in [3.8, 4) is 23.0 Å². The molecule has 0 unspecified atom stereocenters. The van der Waals surface area contributed by atoms with Gasteiger partial charge in [0.15, 0.2) is 0 Å². The van der Waals surface area contributed by atoms with E-state index in [0.717, 1.165) is 48.6 Å². The first-order valence-electron chi connectivity index (χ1n) is 11.6. The van der Waals surface area contributed by atoms with Gasteiger partial charge in [-0.3, -0.25) is 0 Å². The third-order valence-corrected chi connectivity index (χ3v) is 5.89. The molecule has 0 aromatic heterocycles. The van der Waals surface area contributed by atoms with Crippen LogP contribution in [0.2, 0.25) is 0 Å². The molecule has 0 saturated heterocycles. The maximum atomic E-state index is 15.0. The van der Waals surface area contributed by atoms with Gasteiger partial charge in [0.05, 0.1) is 5.56 Å². The van der Waals surface area contributed by atoms with E-state index >= 15 is 4.39 Å². The van der Waals surface area contributed by atoms with Gasteiger partial charge in [0.25, 0.3) is 0 Å². The van der Waals surface area contributed by atoms with Gasteiger partial charge in [0.2, 0.25) is 0 Å². The van der Waals surface area contributed by atoms with Gasteiger partial charge in [-0.25, -0.2) is 4.39 Å². The lowest BCUT2D eigenvalue weighted by atomic mass is 10.0. The Morgan fingerprint density at radius 1 is 0.656 bits per heavy atom. The Morgan fingerprint density at radius 2 is 1.34 bits per heavy atom. The van der Waals surface area contributed by atoms with Gasteiger partial charge in [-0.05, 0) is 65.1 Å². The summed E-state index contributed by atoms with van der Waals surface area (Å²) in [5.41, 5.74) is 6.31. The monoisotopic (exact) mass is 420 g/mol. The molecule has 32 heavy (non-hydrogen) atoms. The molecular formula is C31H29F. The van der Waals surface area contributed by atoms with E-state index in [1.165, 1.54) is 16.7 Å². The van der Waals surface area contributed by atoms with Crippen molar-refractivity contribution in [2.75, 3.05) is 0 Å². The Labute approximate surface area is 191 Å². The van der Waals surface area contributed by atoms with Crippen molar-refractivity contribution in [3.05, 3.63) is 107 Å². The fourth-order valence-corrected chi connectivity index (χ4v) is 4.01. The van der Waals surface area contributed by atoms with Gasteiger partial charge >= 0.3 is 0 Å². The summed E-state index contributed by atoms with van der Waals surface area (Å²) in [7, 11) is 0. The Morgan fingerprint density at radius 3 is 2.03 bits per heavy atom. The summed E-state index contributed by atoms with van der Waals surface area (Å²) in [6.07, 6.45) is 5.62. The third kappa shape index (κ3) is 5.09. The van der Waals surface area contributed by atoms with Crippen LogP contribution < -0.4 is 0 Å². The second kappa shape index (κ2) is 10.3. The summed E-state index contributed by atoms with van der Waals surface area (Å²) < 4.78 is 15.0. The maximum Gasteiger partial charge on any atom is 0.146 e. The lowest BCUT2D eigenvalue weighted by Gasteiger charge is -2.05. The van der Waals surface area contributed by atoms with Gasteiger partial charge in [-0.15, -0.1) is 0 Å². The zero-order valence-electron chi connectivity index (χ0n) is 18.9. The standard InChI is InChI=1S/C31H29F/c1-3-5-7-25-13-21-30-29(22-25)20-19-28(31(30)32)18-12-24-10-16-27(17-11-24)26-14-8-23(6-4-2)9-15-26/h8-11,13-17,19-22H,3-7H2,1-2H3. The average Bonchev–Trinajstić information content (AvgIpc) is 2.83. The van der Waals surface area contributed by atoms with Crippen molar-refractivity contribution in [2.24, 2.45) is 0 Å². The third-order valence-electron chi connectivity index (χ3n) is 5.89. The zero-order chi connectivity index (χ0) is 22.3. The molecule has 0 fully saturated rings. The molecule has 0 heterocycles. The minimum atomic E-state index is -0.235. The van der Waals surface area contributed by atoms with Crippen molar-refractivity contribution in [1.29, 1.82) is 0 Å². The molecule has 0 atom stereocenters. The smallest absolute Gasteiger partial charge is 0.146 e. The molecular weight excluding hydrogens is 391 g/mol. The van der Waals surface area contributed by atoms with Crippen LogP contribution in [0, 0.1) is 17.7 Å². The molecule has 1 heteroatoms. The molecule has 0 aliphatic rings. The number of aryl methyl sites for hydroxylation is 2. The van der Waals surface area contributed by atoms with Crippen LogP contribution in [0.3, 0.4) is 0 Å². The first-order valence-corrected chi connectivity index (χ1v) is 11.6. The highest BCUT2D eigenvalue weighted by atomic mass is 19.1. The Hall–Kier alpha value is -3.37. The normalized spacial score (nSPS) is 10.7. The van der Waals surface area contributed by atoms with Crippen LogP contribution in [0.5, 0.6) is 0 Å². The van der Waals surface area contributed by atoms with Crippen molar-refractivity contribution in [1.82, 2.24) is 0 Å². The molecule has 0 aliphatic carbocycles. The number of fused-ring (bicyclic) bond motifs is 1. The molecule has 0 saturated carbocycles. The lowest BCUT2D eigenvalue weighted by molar-refractivity contribution is 0.636. The second-order valence-electron chi connectivity index (χ2n) is 8.36. The zero-order valence-corrected chi connectivity index (χ0v) is 18.9. The van der Waals surface area contributed by atoms with Gasteiger partial charge in [-0.1, -0.05) is 99.2 Å². The Balaban J connectivity index is 1.53. The van der Waals surface area contributed by atoms with E-state index in [-0.39, 0.29) is 5.82 Å². The molecule has 0 nitrogen and oxygen atoms in total. The minimum Gasteiger partial charge on any atom is -0.205 e. The van der Waals surface area contributed by atoms with Gasteiger partial charge in [0, 0.05) is 10.9 Å². The number of benzene rings is 4. The summed E-state index contributed by atoms with van der Waals surface area (Å²) in [6.45, 7) is 4.38. The van der Waals surface area contributed by atoms with E-state index in [0.29, 0.717) is 10.9 Å². The summed E-state index contributed by atoms with van der Waals surface area (Å²) in [5.74, 6) is 5.91. The van der Waals surface area contributed by atoms with E-state index in [4.69, 9.17) is 0 Å². The Kier molecular flexibility index (Phi) is 7.03.